The normalized spacial score (nSPS) is 17.3. The molecule has 2 aromatic rings. The fourth-order valence-electron chi connectivity index (χ4n) is 2.92. The number of hydrogen-bond donors (Lipinski definition) is 0. The Kier molecular flexibility index (Phi) is 3.94. The Hall–Kier alpha value is -2.24. The Morgan fingerprint density at radius 3 is 3.14 bits per heavy atom. The van der Waals surface area contributed by atoms with Crippen LogP contribution in [0.3, 0.4) is 0 Å². The number of aryl methyl sites for hydroxylation is 1. The van der Waals surface area contributed by atoms with E-state index in [4.69, 9.17) is 4.74 Å². The average Bonchev–Trinajstić information content (AvgIpc) is 2.96. The van der Waals surface area contributed by atoms with Gasteiger partial charge in [-0.3, -0.25) is 0 Å². The second-order valence-corrected chi connectivity index (χ2v) is 5.19. The molecule has 0 saturated carbocycles. The van der Waals surface area contributed by atoms with Crippen molar-refractivity contribution in [1.29, 1.82) is 0 Å². The van der Waals surface area contributed by atoms with E-state index < -0.39 is 5.97 Å². The van der Waals surface area contributed by atoms with Crippen molar-refractivity contribution in [2.75, 3.05) is 6.61 Å². The lowest BCUT2D eigenvalue weighted by atomic mass is 9.83. The summed E-state index contributed by atoms with van der Waals surface area (Å²) in [5, 5.41) is 11.3. The van der Waals surface area contributed by atoms with Crippen molar-refractivity contribution in [2.24, 2.45) is 0 Å². The Balaban J connectivity index is 1.82. The van der Waals surface area contributed by atoms with Crippen LogP contribution in [0, 0.1) is 0 Å². The second kappa shape index (κ2) is 6.03. The molecule has 0 aliphatic heterocycles. The van der Waals surface area contributed by atoms with Crippen molar-refractivity contribution in [2.45, 2.75) is 38.6 Å². The van der Waals surface area contributed by atoms with Gasteiger partial charge in [-0.15, -0.1) is 5.10 Å². The molecule has 1 aromatic carbocycles. The zero-order valence-corrected chi connectivity index (χ0v) is 12.0. The highest BCUT2D eigenvalue weighted by Gasteiger charge is 2.24. The van der Waals surface area contributed by atoms with Crippen LogP contribution < -0.4 is 0 Å². The molecule has 6 heteroatoms. The minimum absolute atomic E-state index is 0.180. The molecule has 21 heavy (non-hydrogen) atoms. The van der Waals surface area contributed by atoms with Crippen LogP contribution in [-0.4, -0.2) is 32.8 Å². The third-order valence-corrected chi connectivity index (χ3v) is 3.88. The molecule has 1 aliphatic carbocycles. The smallest absolute Gasteiger partial charge is 0.378 e. The number of nitrogens with zero attached hydrogens (tertiary/aromatic N) is 4. The summed E-state index contributed by atoms with van der Waals surface area (Å²) in [6.07, 6.45) is 3.35. The molecule has 0 bridgehead atoms. The fraction of sp³-hybridized carbons (Fsp3) is 0.467. The zero-order chi connectivity index (χ0) is 14.7. The van der Waals surface area contributed by atoms with Crippen molar-refractivity contribution in [3.05, 3.63) is 41.2 Å². The monoisotopic (exact) mass is 286 g/mol. The highest BCUT2D eigenvalue weighted by molar-refractivity contribution is 5.85. The van der Waals surface area contributed by atoms with Crippen LogP contribution >= 0.6 is 0 Å². The van der Waals surface area contributed by atoms with Gasteiger partial charge >= 0.3 is 5.97 Å². The van der Waals surface area contributed by atoms with Gasteiger partial charge in [0.1, 0.15) is 0 Å². The van der Waals surface area contributed by atoms with Crippen molar-refractivity contribution >= 4 is 5.97 Å². The van der Waals surface area contributed by atoms with Crippen molar-refractivity contribution in [3.63, 3.8) is 0 Å². The number of carbonyl (C=O) groups is 1. The lowest BCUT2D eigenvalue weighted by Crippen LogP contribution is -2.20. The van der Waals surface area contributed by atoms with Gasteiger partial charge in [0.15, 0.2) is 0 Å². The van der Waals surface area contributed by atoms with Crippen molar-refractivity contribution in [1.82, 2.24) is 20.2 Å². The molecule has 0 N–H and O–H groups in total. The first-order chi connectivity index (χ1) is 10.3. The predicted octanol–water partition coefficient (Wildman–Crippen LogP) is 1.97. The van der Waals surface area contributed by atoms with E-state index in [0.717, 1.165) is 19.3 Å². The number of aromatic nitrogens is 4. The molecule has 1 aliphatic rings. The number of tetrazole rings is 1. The lowest BCUT2D eigenvalue weighted by Gasteiger charge is -2.25. The van der Waals surface area contributed by atoms with Crippen LogP contribution in [0.2, 0.25) is 0 Å². The minimum Gasteiger partial charge on any atom is -0.460 e. The van der Waals surface area contributed by atoms with Crippen LogP contribution in [0.15, 0.2) is 24.3 Å². The quantitative estimate of drug-likeness (QED) is 0.804. The van der Waals surface area contributed by atoms with E-state index in [0.29, 0.717) is 19.1 Å². The van der Waals surface area contributed by atoms with E-state index in [1.165, 1.54) is 11.1 Å². The van der Waals surface area contributed by atoms with E-state index in [9.17, 15) is 4.79 Å². The second-order valence-electron chi connectivity index (χ2n) is 5.19. The van der Waals surface area contributed by atoms with Crippen LogP contribution in [-0.2, 0) is 17.7 Å². The molecule has 1 unspecified atom stereocenters. The molecule has 3 rings (SSSR count). The number of rotatable bonds is 4. The van der Waals surface area contributed by atoms with Gasteiger partial charge in [0.2, 0.25) is 0 Å². The standard InChI is InChI=1S/C15H18N4O2/c1-2-21-15(20)14-16-17-18-19(14)10-12-8-5-7-11-6-3-4-9-13(11)12/h3-4,6,9,12H,2,5,7-8,10H2,1H3. The van der Waals surface area contributed by atoms with Gasteiger partial charge in [-0.05, 0) is 47.7 Å². The molecule has 0 amide bonds. The van der Waals surface area contributed by atoms with Crippen molar-refractivity contribution in [3.8, 4) is 0 Å². The first-order valence-corrected chi connectivity index (χ1v) is 7.30. The van der Waals surface area contributed by atoms with Gasteiger partial charge in [-0.2, -0.15) is 0 Å². The number of carbonyl (C=O) groups excluding carboxylic acids is 1. The van der Waals surface area contributed by atoms with Crippen molar-refractivity contribution < 1.29 is 9.53 Å². The molecule has 0 spiro atoms. The maximum atomic E-state index is 11.8. The van der Waals surface area contributed by atoms with E-state index >= 15 is 0 Å². The lowest BCUT2D eigenvalue weighted by molar-refractivity contribution is 0.0503. The summed E-state index contributed by atoms with van der Waals surface area (Å²) < 4.78 is 6.54. The summed E-state index contributed by atoms with van der Waals surface area (Å²) in [5.41, 5.74) is 2.73. The Labute approximate surface area is 123 Å². The Bertz CT molecular complexity index is 638. The SMILES string of the molecule is CCOC(=O)c1nnnn1CC1CCCc2ccccc21. The molecule has 110 valence electrons. The number of benzene rings is 1. The van der Waals surface area contributed by atoms with E-state index in [1.807, 2.05) is 0 Å². The Morgan fingerprint density at radius 2 is 2.29 bits per heavy atom. The van der Waals surface area contributed by atoms with Gasteiger partial charge in [0.25, 0.3) is 5.82 Å². The highest BCUT2D eigenvalue weighted by Crippen LogP contribution is 2.32. The third-order valence-electron chi connectivity index (χ3n) is 3.88. The predicted molar refractivity (Wildman–Crippen MR) is 75.9 cm³/mol. The van der Waals surface area contributed by atoms with E-state index in [2.05, 4.69) is 39.8 Å². The van der Waals surface area contributed by atoms with Crippen LogP contribution in [0.4, 0.5) is 0 Å². The summed E-state index contributed by atoms with van der Waals surface area (Å²) in [6, 6.07) is 8.46. The van der Waals surface area contributed by atoms with Crippen LogP contribution in [0.25, 0.3) is 0 Å². The van der Waals surface area contributed by atoms with Gasteiger partial charge in [-0.25, -0.2) is 9.48 Å². The molecule has 1 heterocycles. The maximum Gasteiger partial charge on any atom is 0.378 e. The number of fused-ring (bicyclic) bond motifs is 1. The summed E-state index contributed by atoms with van der Waals surface area (Å²) >= 11 is 0. The average molecular weight is 286 g/mol. The van der Waals surface area contributed by atoms with Gasteiger partial charge in [0.05, 0.1) is 13.2 Å². The summed E-state index contributed by atoms with van der Waals surface area (Å²) in [7, 11) is 0. The maximum absolute atomic E-state index is 11.8. The summed E-state index contributed by atoms with van der Waals surface area (Å²) in [5.74, 6) is 0.0538. The van der Waals surface area contributed by atoms with Gasteiger partial charge < -0.3 is 4.74 Å². The third kappa shape index (κ3) is 2.79. The van der Waals surface area contributed by atoms with E-state index in [-0.39, 0.29) is 5.82 Å². The first kappa shape index (κ1) is 13.7. The topological polar surface area (TPSA) is 69.9 Å². The summed E-state index contributed by atoms with van der Waals surface area (Å²) in [4.78, 5) is 11.8. The summed E-state index contributed by atoms with van der Waals surface area (Å²) in [6.45, 7) is 2.69. The van der Waals surface area contributed by atoms with E-state index in [1.54, 1.807) is 11.6 Å². The molecule has 1 aromatic heterocycles. The highest BCUT2D eigenvalue weighted by atomic mass is 16.5. The van der Waals surface area contributed by atoms with Gasteiger partial charge in [-0.1, -0.05) is 24.3 Å². The number of hydrogen-bond acceptors (Lipinski definition) is 5. The largest absolute Gasteiger partial charge is 0.460 e. The molecule has 0 saturated heterocycles. The fourth-order valence-corrected chi connectivity index (χ4v) is 2.92. The number of esters is 1. The molecule has 0 fully saturated rings. The molecule has 6 nitrogen and oxygen atoms in total. The van der Waals surface area contributed by atoms with Gasteiger partial charge in [0, 0.05) is 5.92 Å². The molecular formula is C15H18N4O2. The Morgan fingerprint density at radius 1 is 1.43 bits per heavy atom. The van der Waals surface area contributed by atoms with Crippen LogP contribution in [0.1, 0.15) is 47.4 Å². The number of ether oxygens (including phenoxy) is 1. The molecule has 1 atom stereocenters. The minimum atomic E-state index is -0.466. The zero-order valence-electron chi connectivity index (χ0n) is 12.0. The first-order valence-electron chi connectivity index (χ1n) is 7.30. The molecule has 0 radical (unpaired) electrons. The molecular weight excluding hydrogens is 268 g/mol. The van der Waals surface area contributed by atoms with Crippen LogP contribution in [0.5, 0.6) is 0 Å².